The second-order valence-corrected chi connectivity index (χ2v) is 2.56. The Bertz CT molecular complexity index is 201. The Labute approximate surface area is 123 Å². The number of hydrogen-bond donors (Lipinski definition) is 1. The van der Waals surface area contributed by atoms with Crippen molar-refractivity contribution in [3.63, 3.8) is 0 Å². The molecule has 0 spiro atoms. The summed E-state index contributed by atoms with van der Waals surface area (Å²) in [5, 5.41) is 7.51. The molecule has 1 N–H and O–H groups in total. The van der Waals surface area contributed by atoms with E-state index in [4.69, 9.17) is 0 Å². The molecule has 1 aromatic rings. The topological polar surface area (TPSA) is 26.1 Å². The van der Waals surface area contributed by atoms with Crippen LogP contribution in [-0.2, 0) is 0 Å². The molecule has 0 unspecified atom stereocenters. The van der Waals surface area contributed by atoms with Crippen LogP contribution in [0, 0.1) is 0 Å². The van der Waals surface area contributed by atoms with Crippen molar-refractivity contribution >= 4 is 5.69 Å². The second kappa shape index (κ2) is 9.18. The first-order valence-corrected chi connectivity index (χ1v) is 4.35. The first kappa shape index (κ1) is 13.6. The van der Waals surface area contributed by atoms with E-state index in [1.807, 2.05) is 18.2 Å². The average molecular weight is 202 g/mol. The Morgan fingerprint density at radius 3 is 2.54 bits per heavy atom. The maximum Gasteiger partial charge on any atom is 1.00 e. The zero-order chi connectivity index (χ0) is 8.65. The van der Waals surface area contributed by atoms with Gasteiger partial charge in [0.15, 0.2) is 0 Å². The van der Waals surface area contributed by atoms with Gasteiger partial charge in [0.2, 0.25) is 0 Å². The van der Waals surface area contributed by atoms with Gasteiger partial charge in [0.25, 0.3) is 0 Å². The van der Waals surface area contributed by atoms with Gasteiger partial charge in [-0.1, -0.05) is 25.1 Å². The van der Waals surface area contributed by atoms with Crippen LogP contribution < -0.4 is 56.7 Å². The van der Waals surface area contributed by atoms with Gasteiger partial charge >= 0.3 is 51.4 Å². The van der Waals surface area contributed by atoms with Crippen LogP contribution in [0.2, 0.25) is 0 Å². The van der Waals surface area contributed by atoms with Crippen LogP contribution in [0.15, 0.2) is 30.3 Å². The van der Waals surface area contributed by atoms with Crippen LogP contribution in [0.5, 0.6) is 0 Å². The van der Waals surface area contributed by atoms with Gasteiger partial charge < -0.3 is 10.6 Å². The maximum absolute atomic E-state index is 4.22. The summed E-state index contributed by atoms with van der Waals surface area (Å²) in [5.74, 6) is 0. The van der Waals surface area contributed by atoms with Gasteiger partial charge in [-0.25, -0.2) is 0 Å². The summed E-state index contributed by atoms with van der Waals surface area (Å²) < 4.78 is 0. The molecule has 2 nitrogen and oxygen atoms in total. The third-order valence-corrected chi connectivity index (χ3v) is 1.60. The Balaban J connectivity index is 0.00000144. The first-order chi connectivity index (χ1) is 5.93. The minimum absolute atomic E-state index is 0. The summed E-state index contributed by atoms with van der Waals surface area (Å²) in [4.78, 5) is 0. The third kappa shape index (κ3) is 6.66. The number of nitrogens with zero attached hydrogens (tertiary/aromatic N) is 1. The minimum Gasteiger partial charge on any atom is -0.661 e. The minimum atomic E-state index is 0. The number of rotatable bonds is 5. The molecule has 0 fully saturated rings. The molecule has 1 aromatic carbocycles. The molecule has 0 atom stereocenters. The normalized spacial score (nSPS) is 9.00. The van der Waals surface area contributed by atoms with E-state index in [2.05, 4.69) is 29.7 Å². The zero-order valence-corrected chi connectivity index (χ0v) is 11.6. The monoisotopic (exact) mass is 202 g/mol. The van der Waals surface area contributed by atoms with Gasteiger partial charge in [-0.3, -0.25) is 0 Å². The van der Waals surface area contributed by atoms with Crippen LogP contribution in [-0.4, -0.2) is 19.6 Å². The molecule has 0 aliphatic heterocycles. The van der Waals surface area contributed by atoms with Crippen molar-refractivity contribution in [3.05, 3.63) is 35.6 Å². The van der Waals surface area contributed by atoms with Gasteiger partial charge in [0, 0.05) is 5.69 Å². The van der Waals surface area contributed by atoms with E-state index in [1.54, 1.807) is 0 Å². The number of nitrogens with one attached hydrogen (secondary N) is 1. The number of anilines is 1. The molecule has 66 valence electrons. The molecule has 0 bridgehead atoms. The number of para-hydroxylation sites is 1. The van der Waals surface area contributed by atoms with Crippen LogP contribution in [0.4, 0.5) is 5.69 Å². The fourth-order valence-corrected chi connectivity index (χ4v) is 0.993. The fourth-order valence-electron chi connectivity index (χ4n) is 0.993. The molecule has 0 saturated carbocycles. The molecule has 0 heterocycles. The van der Waals surface area contributed by atoms with Crippen LogP contribution in [0.25, 0.3) is 5.32 Å². The maximum atomic E-state index is 4.22. The Morgan fingerprint density at radius 2 is 1.92 bits per heavy atom. The predicted molar refractivity (Wildman–Crippen MR) is 53.7 cm³/mol. The first-order valence-electron chi connectivity index (χ1n) is 4.35. The van der Waals surface area contributed by atoms with Crippen LogP contribution in [0.3, 0.4) is 0 Å². The van der Waals surface area contributed by atoms with Gasteiger partial charge in [-0.05, 0) is 18.7 Å². The second-order valence-electron chi connectivity index (χ2n) is 2.56. The zero-order valence-electron chi connectivity index (χ0n) is 8.46. The van der Waals surface area contributed by atoms with E-state index < -0.39 is 0 Å². The van der Waals surface area contributed by atoms with Crippen LogP contribution in [0.1, 0.15) is 6.92 Å². The quantitative estimate of drug-likeness (QED) is 0.505. The summed E-state index contributed by atoms with van der Waals surface area (Å²) in [5.41, 5.74) is 1.17. The van der Waals surface area contributed by atoms with Crippen molar-refractivity contribution < 1.29 is 51.4 Å². The largest absolute Gasteiger partial charge is 1.00 e. The molecular weight excluding hydrogens is 187 g/mol. The SMILES string of the molecule is CC[N-]CCNc1ccccc1.[K+]. The average Bonchev–Trinajstić information content (AvgIpc) is 2.14. The molecule has 0 amide bonds. The Hall–Kier alpha value is 0.616. The Kier molecular flexibility index (Phi) is 9.62. The number of benzene rings is 1. The van der Waals surface area contributed by atoms with E-state index in [1.165, 1.54) is 5.69 Å². The van der Waals surface area contributed by atoms with E-state index in [-0.39, 0.29) is 51.4 Å². The molecule has 13 heavy (non-hydrogen) atoms. The third-order valence-electron chi connectivity index (χ3n) is 1.60. The predicted octanol–water partition coefficient (Wildman–Crippen LogP) is -0.504. The van der Waals surface area contributed by atoms with Crippen molar-refractivity contribution in [3.8, 4) is 0 Å². The summed E-state index contributed by atoms with van der Waals surface area (Å²) >= 11 is 0. The van der Waals surface area contributed by atoms with Crippen molar-refractivity contribution in [2.45, 2.75) is 6.92 Å². The molecule has 0 saturated heterocycles. The van der Waals surface area contributed by atoms with Gasteiger partial charge in [0.1, 0.15) is 0 Å². The molecular formula is C10H15KN2. The van der Waals surface area contributed by atoms with E-state index >= 15 is 0 Å². The molecule has 1 rings (SSSR count). The van der Waals surface area contributed by atoms with Crippen molar-refractivity contribution in [1.82, 2.24) is 0 Å². The summed E-state index contributed by atoms with van der Waals surface area (Å²) in [7, 11) is 0. The number of hydrogen-bond acceptors (Lipinski definition) is 1. The van der Waals surface area contributed by atoms with Gasteiger partial charge in [-0.15, -0.1) is 6.54 Å². The molecule has 0 aliphatic rings. The van der Waals surface area contributed by atoms with E-state index in [9.17, 15) is 0 Å². The van der Waals surface area contributed by atoms with Gasteiger partial charge in [-0.2, -0.15) is 6.54 Å². The summed E-state index contributed by atoms with van der Waals surface area (Å²) in [6, 6.07) is 10.2. The van der Waals surface area contributed by atoms with Crippen molar-refractivity contribution in [2.75, 3.05) is 25.0 Å². The molecule has 0 aliphatic carbocycles. The fraction of sp³-hybridized carbons (Fsp3) is 0.400. The smallest absolute Gasteiger partial charge is 0.661 e. The molecule has 3 heteroatoms. The van der Waals surface area contributed by atoms with Gasteiger partial charge in [0.05, 0.1) is 0 Å². The van der Waals surface area contributed by atoms with Crippen LogP contribution >= 0.6 is 0 Å². The Morgan fingerprint density at radius 1 is 1.23 bits per heavy atom. The number of likely N-dealkylation sites (N-methyl/N-ethyl adjacent to an activating group) is 1. The molecule has 0 radical (unpaired) electrons. The summed E-state index contributed by atoms with van der Waals surface area (Å²) in [6.45, 7) is 4.79. The van der Waals surface area contributed by atoms with Crippen molar-refractivity contribution in [1.29, 1.82) is 0 Å². The van der Waals surface area contributed by atoms with E-state index in [0.29, 0.717) is 0 Å². The standard InChI is InChI=1S/C10H15N2.K/c1-2-11-8-9-12-10-6-4-3-5-7-10;/h3-7,12H,2,8-9H2,1H3;/q-1;+1. The molecule has 0 aromatic heterocycles. The summed E-state index contributed by atoms with van der Waals surface area (Å²) in [6.07, 6.45) is 0. The van der Waals surface area contributed by atoms with Crippen molar-refractivity contribution in [2.24, 2.45) is 0 Å². The van der Waals surface area contributed by atoms with E-state index in [0.717, 1.165) is 19.6 Å².